The lowest BCUT2D eigenvalue weighted by atomic mass is 10.1. The van der Waals surface area contributed by atoms with Gasteiger partial charge in [0.1, 0.15) is 17.1 Å². The van der Waals surface area contributed by atoms with Crippen molar-refractivity contribution in [1.82, 2.24) is 19.1 Å². The maximum atomic E-state index is 13.0. The van der Waals surface area contributed by atoms with Gasteiger partial charge in [-0.25, -0.2) is 9.78 Å². The maximum absolute atomic E-state index is 13.0. The molecule has 0 fully saturated rings. The van der Waals surface area contributed by atoms with Crippen LogP contribution < -0.4 is 21.3 Å². The summed E-state index contributed by atoms with van der Waals surface area (Å²) in [7, 11) is 0. The van der Waals surface area contributed by atoms with E-state index in [0.717, 1.165) is 28.9 Å². The molecule has 4 rings (SSSR count). The minimum Gasteiger partial charge on any atom is -0.484 e. The monoisotopic (exact) mass is 489 g/mol. The molecule has 4 aromatic rings. The number of H-pyrrole nitrogens is 1. The van der Waals surface area contributed by atoms with Gasteiger partial charge in [-0.2, -0.15) is 0 Å². The summed E-state index contributed by atoms with van der Waals surface area (Å²) in [5.41, 5.74) is 3.84. The first-order chi connectivity index (χ1) is 17.3. The highest BCUT2D eigenvalue weighted by Gasteiger charge is 2.16. The fourth-order valence-corrected chi connectivity index (χ4v) is 4.27. The zero-order valence-electron chi connectivity index (χ0n) is 21.1. The summed E-state index contributed by atoms with van der Waals surface area (Å²) in [5, 5.41) is 2.75. The Balaban J connectivity index is 1.52. The first-order valence-corrected chi connectivity index (χ1v) is 12.2. The van der Waals surface area contributed by atoms with Gasteiger partial charge in [0.05, 0.1) is 5.52 Å². The topological polar surface area (TPSA) is 111 Å². The van der Waals surface area contributed by atoms with Crippen molar-refractivity contribution >= 4 is 22.8 Å². The van der Waals surface area contributed by atoms with Crippen LogP contribution >= 0.6 is 0 Å². The van der Waals surface area contributed by atoms with E-state index in [1.54, 1.807) is 22.8 Å². The van der Waals surface area contributed by atoms with Gasteiger partial charge in [-0.1, -0.05) is 13.8 Å². The number of hydrogen-bond acceptors (Lipinski definition) is 5. The minimum atomic E-state index is -0.306. The molecule has 3 aromatic heterocycles. The van der Waals surface area contributed by atoms with E-state index in [-0.39, 0.29) is 23.8 Å². The Morgan fingerprint density at radius 3 is 2.36 bits per heavy atom. The predicted octanol–water partition coefficient (Wildman–Crippen LogP) is 4.01. The number of aromatic nitrogens is 4. The number of pyridine rings is 1. The molecule has 2 N–H and O–H groups in total. The van der Waals surface area contributed by atoms with Crippen LogP contribution in [0.25, 0.3) is 22.3 Å². The molecular weight excluding hydrogens is 458 g/mol. The molecule has 0 aliphatic rings. The summed E-state index contributed by atoms with van der Waals surface area (Å²) in [6, 6.07) is 12.8. The first kappa shape index (κ1) is 25.0. The van der Waals surface area contributed by atoms with Crippen LogP contribution in [0, 0.1) is 13.8 Å². The third kappa shape index (κ3) is 5.25. The number of nitrogens with zero attached hydrogens (tertiary/aromatic N) is 3. The number of nitrogens with one attached hydrogen (secondary N) is 2. The number of amides is 1. The fourth-order valence-electron chi connectivity index (χ4n) is 4.27. The van der Waals surface area contributed by atoms with E-state index in [0.29, 0.717) is 42.1 Å². The van der Waals surface area contributed by atoms with Gasteiger partial charge in [-0.15, -0.1) is 0 Å². The smallest absolute Gasteiger partial charge is 0.331 e. The molecule has 1 aromatic carbocycles. The van der Waals surface area contributed by atoms with Crippen molar-refractivity contribution in [2.45, 2.75) is 53.6 Å². The lowest BCUT2D eigenvalue weighted by Crippen LogP contribution is -2.39. The van der Waals surface area contributed by atoms with Crippen molar-refractivity contribution in [1.29, 1.82) is 0 Å². The number of carbonyl (C=O) groups is 1. The second kappa shape index (κ2) is 10.6. The molecule has 9 nitrogen and oxygen atoms in total. The van der Waals surface area contributed by atoms with Crippen LogP contribution in [0.5, 0.6) is 5.75 Å². The highest BCUT2D eigenvalue weighted by Crippen LogP contribution is 2.24. The molecule has 1 amide bonds. The van der Waals surface area contributed by atoms with E-state index in [1.165, 1.54) is 4.57 Å². The number of aromatic amines is 1. The lowest BCUT2D eigenvalue weighted by molar-refractivity contribution is -0.118. The number of benzene rings is 1. The maximum Gasteiger partial charge on any atom is 0.331 e. The van der Waals surface area contributed by atoms with Gasteiger partial charge < -0.3 is 15.0 Å². The molecule has 0 saturated heterocycles. The Morgan fingerprint density at radius 1 is 1.00 bits per heavy atom. The van der Waals surface area contributed by atoms with Gasteiger partial charge >= 0.3 is 5.69 Å². The molecule has 188 valence electrons. The number of fused-ring (bicyclic) bond motifs is 1. The Labute approximate surface area is 208 Å². The number of anilines is 1. The largest absolute Gasteiger partial charge is 0.484 e. The minimum absolute atomic E-state index is 0.152. The molecule has 0 atom stereocenters. The van der Waals surface area contributed by atoms with Crippen LogP contribution in [-0.2, 0) is 17.9 Å². The van der Waals surface area contributed by atoms with E-state index >= 15 is 0 Å². The summed E-state index contributed by atoms with van der Waals surface area (Å²) in [5.74, 6) is 0.728. The molecule has 9 heteroatoms. The van der Waals surface area contributed by atoms with Crippen molar-refractivity contribution in [3.05, 3.63) is 74.6 Å². The van der Waals surface area contributed by atoms with Crippen LogP contribution in [0.2, 0.25) is 0 Å². The van der Waals surface area contributed by atoms with E-state index in [1.807, 2.05) is 52.0 Å². The van der Waals surface area contributed by atoms with Crippen molar-refractivity contribution < 1.29 is 9.53 Å². The number of carbonyl (C=O) groups excluding carboxylic acids is 1. The van der Waals surface area contributed by atoms with Gasteiger partial charge in [0.25, 0.3) is 11.5 Å². The number of rotatable bonds is 9. The van der Waals surface area contributed by atoms with Crippen LogP contribution in [0.15, 0.2) is 52.1 Å². The Bertz CT molecular complexity index is 1490. The Morgan fingerprint density at radius 2 is 1.69 bits per heavy atom. The zero-order chi connectivity index (χ0) is 25.8. The Kier molecular flexibility index (Phi) is 7.38. The molecular formula is C27H31N5O4. The van der Waals surface area contributed by atoms with Gasteiger partial charge in [-0.3, -0.25) is 18.7 Å². The van der Waals surface area contributed by atoms with E-state index in [9.17, 15) is 14.4 Å². The zero-order valence-corrected chi connectivity index (χ0v) is 21.1. The molecule has 0 unspecified atom stereocenters. The van der Waals surface area contributed by atoms with Crippen LogP contribution in [0.1, 0.15) is 37.9 Å². The van der Waals surface area contributed by atoms with Crippen LogP contribution in [-0.4, -0.2) is 31.6 Å². The average Bonchev–Trinajstić information content (AvgIpc) is 3.28. The summed E-state index contributed by atoms with van der Waals surface area (Å²) in [6.07, 6.45) is 1.47. The molecule has 36 heavy (non-hydrogen) atoms. The summed E-state index contributed by atoms with van der Waals surface area (Å²) in [6.45, 7) is 8.51. The molecule has 3 heterocycles. The third-order valence-electron chi connectivity index (χ3n) is 5.80. The van der Waals surface area contributed by atoms with Crippen molar-refractivity contribution in [3.8, 4) is 17.0 Å². The fraction of sp³-hybridized carbons (Fsp3) is 0.333. The highest BCUT2D eigenvalue weighted by molar-refractivity contribution is 5.91. The van der Waals surface area contributed by atoms with Gasteiger partial charge in [0.15, 0.2) is 6.61 Å². The average molecular weight is 490 g/mol. The van der Waals surface area contributed by atoms with Crippen LogP contribution in [0.4, 0.5) is 5.82 Å². The number of hydrogen-bond donors (Lipinski definition) is 2. The quantitative estimate of drug-likeness (QED) is 0.369. The lowest BCUT2D eigenvalue weighted by Gasteiger charge is -2.10. The first-order valence-electron chi connectivity index (χ1n) is 12.2. The van der Waals surface area contributed by atoms with E-state index in [4.69, 9.17) is 4.74 Å². The second-order valence-electron chi connectivity index (χ2n) is 8.87. The normalized spacial score (nSPS) is 11.1. The summed E-state index contributed by atoms with van der Waals surface area (Å²) in [4.78, 5) is 45.7. The molecule has 0 aliphatic carbocycles. The van der Waals surface area contributed by atoms with Gasteiger partial charge in [0, 0.05) is 24.5 Å². The van der Waals surface area contributed by atoms with Crippen molar-refractivity contribution in [3.63, 3.8) is 0 Å². The second-order valence-corrected chi connectivity index (χ2v) is 8.87. The Hall–Kier alpha value is -4.14. The molecule has 0 saturated carbocycles. The molecule has 0 radical (unpaired) electrons. The predicted molar refractivity (Wildman–Crippen MR) is 141 cm³/mol. The van der Waals surface area contributed by atoms with Crippen molar-refractivity contribution in [2.24, 2.45) is 0 Å². The SMILES string of the molecule is CCCn1c(=O)c2[nH]c(-c3ccc(OCC(=O)Nc4cc(C)cc(C)n4)cc3)cc2n(CCC)c1=O. The van der Waals surface area contributed by atoms with Gasteiger partial charge in [-0.05, 0) is 80.3 Å². The highest BCUT2D eigenvalue weighted by atomic mass is 16.5. The van der Waals surface area contributed by atoms with Crippen LogP contribution in [0.3, 0.4) is 0 Å². The van der Waals surface area contributed by atoms with Gasteiger partial charge in [0.2, 0.25) is 0 Å². The number of ether oxygens (including phenoxy) is 1. The van der Waals surface area contributed by atoms with Crippen molar-refractivity contribution in [2.75, 3.05) is 11.9 Å². The van der Waals surface area contributed by atoms with E-state index in [2.05, 4.69) is 15.3 Å². The van der Waals surface area contributed by atoms with E-state index < -0.39 is 0 Å². The summed E-state index contributed by atoms with van der Waals surface area (Å²) < 4.78 is 8.59. The summed E-state index contributed by atoms with van der Waals surface area (Å²) >= 11 is 0. The molecule has 0 aliphatic heterocycles. The third-order valence-corrected chi connectivity index (χ3v) is 5.80. The molecule has 0 spiro atoms. The number of aryl methyl sites for hydroxylation is 3. The standard InChI is InChI=1S/C27H31N5O4/c1-5-11-31-22-15-21(29-25(22)26(34)32(12-6-2)27(31)35)19-7-9-20(10-8-19)36-16-24(33)30-23-14-17(3)13-18(4)28-23/h7-10,13-15,29H,5-6,11-12,16H2,1-4H3,(H,28,30,33). The molecule has 0 bridgehead atoms.